The fourth-order valence-electron chi connectivity index (χ4n) is 4.51. The molecule has 3 heteroatoms. The molecule has 0 aliphatic carbocycles. The van der Waals surface area contributed by atoms with Gasteiger partial charge in [0, 0.05) is 54.6 Å². The summed E-state index contributed by atoms with van der Waals surface area (Å²) in [6.07, 6.45) is 1.09. The van der Waals surface area contributed by atoms with E-state index < -0.39 is 0 Å². The zero-order chi connectivity index (χ0) is 20.3. The van der Waals surface area contributed by atoms with Gasteiger partial charge in [0.2, 0.25) is 0 Å². The number of fused-ring (bicyclic) bond motifs is 2. The monoisotopic (exact) mass is 394 g/mol. The van der Waals surface area contributed by atoms with E-state index in [1.807, 2.05) is 36.4 Å². The van der Waals surface area contributed by atoms with Crippen LogP contribution in [0.4, 0.5) is 5.69 Å². The Kier molecular flexibility index (Phi) is 5.20. The highest BCUT2D eigenvalue weighted by atomic mass is 16.1. The first-order chi connectivity index (χ1) is 14.8. The van der Waals surface area contributed by atoms with Gasteiger partial charge in [-0.2, -0.15) is 0 Å². The Hall–Kier alpha value is -3.17. The van der Waals surface area contributed by atoms with Gasteiger partial charge in [-0.1, -0.05) is 78.9 Å². The molecule has 1 saturated heterocycles. The van der Waals surface area contributed by atoms with Crippen LogP contribution >= 0.6 is 0 Å². The van der Waals surface area contributed by atoms with Gasteiger partial charge in [-0.25, -0.2) is 0 Å². The highest BCUT2D eigenvalue weighted by Crippen LogP contribution is 2.28. The summed E-state index contributed by atoms with van der Waals surface area (Å²) in [7, 11) is 0. The molecule has 1 fully saturated rings. The van der Waals surface area contributed by atoms with Gasteiger partial charge in [-0.3, -0.25) is 9.69 Å². The van der Waals surface area contributed by atoms with E-state index in [1.54, 1.807) is 0 Å². The van der Waals surface area contributed by atoms with Crippen molar-refractivity contribution in [1.82, 2.24) is 4.90 Å². The summed E-state index contributed by atoms with van der Waals surface area (Å²) >= 11 is 0. The fourth-order valence-corrected chi connectivity index (χ4v) is 4.51. The maximum atomic E-state index is 13.2. The average Bonchev–Trinajstić information content (AvgIpc) is 2.94. The largest absolute Gasteiger partial charge is 0.368 e. The van der Waals surface area contributed by atoms with Crippen molar-refractivity contribution in [3.05, 3.63) is 101 Å². The molecule has 0 atom stereocenters. The minimum atomic E-state index is 0.119. The Balaban J connectivity index is 1.43. The summed E-state index contributed by atoms with van der Waals surface area (Å²) in [5.74, 6) is 0. The van der Waals surface area contributed by atoms with E-state index >= 15 is 0 Å². The molecule has 0 saturated carbocycles. The minimum absolute atomic E-state index is 0.119. The van der Waals surface area contributed by atoms with Crippen molar-refractivity contribution in [1.29, 1.82) is 0 Å². The van der Waals surface area contributed by atoms with E-state index in [-0.39, 0.29) is 5.43 Å². The van der Waals surface area contributed by atoms with Crippen LogP contribution in [0.1, 0.15) is 5.56 Å². The van der Waals surface area contributed by atoms with Crippen LogP contribution in [0.15, 0.2) is 89.7 Å². The molecule has 0 spiro atoms. The molecule has 0 amide bonds. The first kappa shape index (κ1) is 18.8. The molecule has 1 heterocycles. The first-order valence-electron chi connectivity index (χ1n) is 10.8. The summed E-state index contributed by atoms with van der Waals surface area (Å²) < 4.78 is 0. The van der Waals surface area contributed by atoms with Gasteiger partial charge in [0.25, 0.3) is 0 Å². The molecule has 4 aromatic rings. The summed E-state index contributed by atoms with van der Waals surface area (Å²) in [5, 5.41) is 3.67. The highest BCUT2D eigenvalue weighted by molar-refractivity contribution is 6.01. The van der Waals surface area contributed by atoms with E-state index in [9.17, 15) is 4.79 Å². The van der Waals surface area contributed by atoms with Gasteiger partial charge in [0.1, 0.15) is 0 Å². The molecule has 1 aliphatic rings. The number of rotatable bonds is 4. The second kappa shape index (κ2) is 8.29. The third kappa shape index (κ3) is 3.69. The van der Waals surface area contributed by atoms with E-state index in [4.69, 9.17) is 0 Å². The Morgan fingerprint density at radius 3 is 2.07 bits per heavy atom. The van der Waals surface area contributed by atoms with E-state index in [0.717, 1.165) is 60.7 Å². The molecular formula is C27H26N2O. The molecule has 0 N–H and O–H groups in total. The molecular weight excluding hydrogens is 368 g/mol. The second-order valence-corrected chi connectivity index (χ2v) is 8.06. The van der Waals surface area contributed by atoms with Crippen molar-refractivity contribution in [2.24, 2.45) is 0 Å². The zero-order valence-electron chi connectivity index (χ0n) is 17.1. The van der Waals surface area contributed by atoms with Crippen molar-refractivity contribution < 1.29 is 0 Å². The van der Waals surface area contributed by atoms with E-state index in [1.165, 1.54) is 11.3 Å². The fraction of sp³-hybridized carbons (Fsp3) is 0.222. The van der Waals surface area contributed by atoms with Crippen molar-refractivity contribution >= 4 is 27.2 Å². The summed E-state index contributed by atoms with van der Waals surface area (Å²) in [6, 6.07) is 28.9. The molecule has 0 unspecified atom stereocenters. The molecule has 0 aromatic heterocycles. The Bertz CT molecular complexity index is 1230. The zero-order valence-corrected chi connectivity index (χ0v) is 17.1. The van der Waals surface area contributed by atoms with Crippen LogP contribution in [-0.2, 0) is 6.42 Å². The predicted octanol–water partition coefficient (Wildman–Crippen LogP) is 4.72. The van der Waals surface area contributed by atoms with Gasteiger partial charge in [0.15, 0.2) is 5.43 Å². The number of hydrogen-bond donors (Lipinski definition) is 0. The smallest absolute Gasteiger partial charge is 0.194 e. The minimum Gasteiger partial charge on any atom is -0.368 e. The number of benzene rings is 3. The molecule has 30 heavy (non-hydrogen) atoms. The number of nitrogens with zero attached hydrogens (tertiary/aromatic N) is 2. The third-order valence-electron chi connectivity index (χ3n) is 6.22. The quantitative estimate of drug-likeness (QED) is 0.500. The normalized spacial score (nSPS) is 15.0. The molecule has 150 valence electrons. The summed E-state index contributed by atoms with van der Waals surface area (Å²) in [5.41, 5.74) is 2.69. The van der Waals surface area contributed by atoms with E-state index in [0.29, 0.717) is 0 Å². The van der Waals surface area contributed by atoms with Crippen LogP contribution < -0.4 is 10.3 Å². The maximum absolute atomic E-state index is 13.2. The molecule has 4 aromatic carbocycles. The molecule has 0 bridgehead atoms. The summed E-state index contributed by atoms with van der Waals surface area (Å²) in [6.45, 7) is 5.13. The maximum Gasteiger partial charge on any atom is 0.194 e. The van der Waals surface area contributed by atoms with Crippen LogP contribution in [0.2, 0.25) is 0 Å². The van der Waals surface area contributed by atoms with Crippen LogP contribution in [0.3, 0.4) is 0 Å². The van der Waals surface area contributed by atoms with Gasteiger partial charge < -0.3 is 4.90 Å². The third-order valence-corrected chi connectivity index (χ3v) is 6.22. The van der Waals surface area contributed by atoms with Crippen LogP contribution in [0.5, 0.6) is 0 Å². The highest BCUT2D eigenvalue weighted by Gasteiger charge is 2.19. The Morgan fingerprint density at radius 2 is 1.30 bits per heavy atom. The molecule has 3 nitrogen and oxygen atoms in total. The second-order valence-electron chi connectivity index (χ2n) is 8.06. The molecule has 1 aliphatic heterocycles. The topological polar surface area (TPSA) is 23.6 Å². The van der Waals surface area contributed by atoms with Gasteiger partial charge >= 0.3 is 0 Å². The van der Waals surface area contributed by atoms with Gasteiger partial charge in [-0.05, 0) is 23.4 Å². The Labute approximate surface area is 177 Å². The van der Waals surface area contributed by atoms with E-state index in [2.05, 4.69) is 58.3 Å². The number of anilines is 1. The van der Waals surface area contributed by atoms with Crippen molar-refractivity contribution in [3.63, 3.8) is 0 Å². The lowest BCUT2D eigenvalue weighted by molar-refractivity contribution is 0.261. The standard InChI is InChI=1S/C27H26N2O/c30-27-23-11-5-4-10-22(23)20-26(24-12-6-7-13-25(24)27)29-18-16-28(17-19-29)15-14-21-8-2-1-3-9-21/h1-13,20H,14-19H2. The Morgan fingerprint density at radius 1 is 0.667 bits per heavy atom. The van der Waals surface area contributed by atoms with Crippen LogP contribution in [0, 0.1) is 0 Å². The van der Waals surface area contributed by atoms with Crippen molar-refractivity contribution in [2.75, 3.05) is 37.6 Å². The van der Waals surface area contributed by atoms with Crippen LogP contribution in [-0.4, -0.2) is 37.6 Å². The molecule has 5 rings (SSSR count). The van der Waals surface area contributed by atoms with Gasteiger partial charge in [-0.15, -0.1) is 0 Å². The first-order valence-corrected chi connectivity index (χ1v) is 10.8. The average molecular weight is 395 g/mol. The molecule has 0 radical (unpaired) electrons. The SMILES string of the molecule is O=c1c2ccccc2cc(N2CCN(CCc3ccccc3)CC2)c2ccccc12. The lowest BCUT2D eigenvalue weighted by Crippen LogP contribution is -2.47. The predicted molar refractivity (Wildman–Crippen MR) is 127 cm³/mol. The summed E-state index contributed by atoms with van der Waals surface area (Å²) in [4.78, 5) is 18.2. The number of piperazine rings is 1. The lowest BCUT2D eigenvalue weighted by Gasteiger charge is -2.36. The van der Waals surface area contributed by atoms with Crippen molar-refractivity contribution in [2.45, 2.75) is 6.42 Å². The van der Waals surface area contributed by atoms with Crippen molar-refractivity contribution in [3.8, 4) is 0 Å². The lowest BCUT2D eigenvalue weighted by atomic mass is 10.1. The number of hydrogen-bond acceptors (Lipinski definition) is 3. The van der Waals surface area contributed by atoms with Gasteiger partial charge in [0.05, 0.1) is 0 Å². The van der Waals surface area contributed by atoms with Crippen LogP contribution in [0.25, 0.3) is 21.5 Å².